The Morgan fingerprint density at radius 2 is 1.03 bits per heavy atom. The van der Waals surface area contributed by atoms with Crippen LogP contribution in [0.3, 0.4) is 0 Å². The molecule has 2 aliphatic heterocycles. The van der Waals surface area contributed by atoms with E-state index in [1.165, 1.54) is 3.58 Å². The number of hydrogen-bond donors (Lipinski definition) is 2. The monoisotopic (exact) mass is 1200 g/mol. The van der Waals surface area contributed by atoms with E-state index in [1.807, 2.05) is 28.1 Å². The summed E-state index contributed by atoms with van der Waals surface area (Å²) in [6.07, 6.45) is 6.84. The fourth-order valence-electron chi connectivity index (χ4n) is 6.20. The molecule has 6 rings (SSSR count). The molecule has 0 aromatic carbocycles. The average Bonchev–Trinajstić information content (AvgIpc) is 3.20. The van der Waals surface area contributed by atoms with Crippen LogP contribution in [0.1, 0.15) is 69.9 Å². The normalized spacial score (nSPS) is 14.6. The molecule has 0 atom stereocenters. The van der Waals surface area contributed by atoms with Gasteiger partial charge in [-0.3, -0.25) is 4.79 Å². The maximum absolute atomic E-state index is 12.9. The molecule has 2 amide bonds. The Bertz CT molecular complexity index is 1910. The number of rotatable bonds is 7. The first-order valence-electron chi connectivity index (χ1n) is 19.9. The van der Waals surface area contributed by atoms with Gasteiger partial charge in [-0.1, -0.05) is 0 Å². The second-order valence-electron chi connectivity index (χ2n) is 16.6. The standard InChI is InChI=1S/C16H18BrN5O2.C16H18N5O2.9CH3.3Sn/c1-24-14-8-13(19-9-11(14)17)16(23)22-6-4-10(5-7-22)12-2-3-15(18)21-20-12;1-23-12-4-7-18-14(10-12)16(22)21-8-5-11(6-9-21)13-2-3-15(17)20-19-13;;;;;;;;;;;;/h2-3,8-10H,4-7H2,1H3,(H2,18,21);2-3,7,10-11H,5-6,8-9H2,1H3,(H2,17,20);9*1H3;;;. The van der Waals surface area contributed by atoms with Gasteiger partial charge in [-0.2, -0.15) is 5.10 Å². The molecule has 2 saturated heterocycles. The van der Waals surface area contributed by atoms with Gasteiger partial charge in [0.2, 0.25) is 0 Å². The molecule has 0 aliphatic carbocycles. The van der Waals surface area contributed by atoms with E-state index >= 15 is 0 Å². The molecule has 4 aromatic rings. The van der Waals surface area contributed by atoms with E-state index in [9.17, 15) is 9.59 Å². The maximum atomic E-state index is 12.9. The minimum absolute atomic E-state index is 0.0363. The first-order chi connectivity index (χ1) is 27.8. The number of anilines is 2. The molecule has 320 valence electrons. The van der Waals surface area contributed by atoms with Crippen LogP contribution < -0.4 is 24.5 Å². The molecule has 18 heteroatoms. The third-order valence-electron chi connectivity index (χ3n) is 9.18. The van der Waals surface area contributed by atoms with Gasteiger partial charge >= 0.3 is 222 Å². The average molecular weight is 1200 g/mol. The summed E-state index contributed by atoms with van der Waals surface area (Å²) in [6, 6.07) is 10.8. The summed E-state index contributed by atoms with van der Waals surface area (Å²) in [4.78, 5) is 58.9. The van der Waals surface area contributed by atoms with Crippen molar-refractivity contribution in [1.82, 2.24) is 40.2 Å². The number of aromatic nitrogens is 6. The summed E-state index contributed by atoms with van der Waals surface area (Å²) in [5, 5.41) is 16.2. The number of carbonyl (C=O) groups excluding carboxylic acids is 2. The van der Waals surface area contributed by atoms with E-state index < -0.39 is 57.9 Å². The van der Waals surface area contributed by atoms with Crippen LogP contribution in [0.4, 0.5) is 11.6 Å². The molecule has 0 unspecified atom stereocenters. The van der Waals surface area contributed by atoms with E-state index in [1.54, 1.807) is 44.7 Å². The van der Waals surface area contributed by atoms with Crippen LogP contribution in [-0.2, 0) is 0 Å². The first kappa shape index (κ1) is 50.8. The van der Waals surface area contributed by atoms with E-state index in [0.717, 1.165) is 47.3 Å². The second-order valence-corrected chi connectivity index (χ2v) is 49.0. The third kappa shape index (κ3) is 16.7. The Balaban J connectivity index is 0.000000268. The number of methoxy groups -OCH3 is 2. The van der Waals surface area contributed by atoms with Gasteiger partial charge < -0.3 is 21.1 Å². The fraction of sp³-hybridized carbons (Fsp3) is 0.512. The van der Waals surface area contributed by atoms with Crippen LogP contribution in [0.15, 0.2) is 53.3 Å². The van der Waals surface area contributed by atoms with Gasteiger partial charge in [-0.15, -0.1) is 5.10 Å². The van der Waals surface area contributed by atoms with Crippen molar-refractivity contribution in [1.29, 1.82) is 0 Å². The van der Waals surface area contributed by atoms with Crippen molar-refractivity contribution in [2.75, 3.05) is 51.9 Å². The molecular formula is C41H63BrN10O4Sn3. The summed E-state index contributed by atoms with van der Waals surface area (Å²) in [7, 11) is 3.22. The summed E-state index contributed by atoms with van der Waals surface area (Å²) < 4.78 is 12.7. The van der Waals surface area contributed by atoms with Crippen molar-refractivity contribution < 1.29 is 19.1 Å². The summed E-state index contributed by atoms with van der Waals surface area (Å²) >= 11 is -0.0861. The van der Waals surface area contributed by atoms with Gasteiger partial charge in [0.1, 0.15) is 23.1 Å². The fourth-order valence-corrected chi connectivity index (χ4v) is 10.5. The minimum atomic E-state index is -2.34. The molecule has 6 heterocycles. The number of nitrogen functional groups attached to an aromatic ring is 2. The van der Waals surface area contributed by atoms with E-state index in [4.69, 9.17) is 20.9 Å². The predicted octanol–water partition coefficient (Wildman–Crippen LogP) is 7.01. The first-order valence-corrected chi connectivity index (χ1v) is 47.8. The van der Waals surface area contributed by atoms with Crippen molar-refractivity contribution in [2.24, 2.45) is 0 Å². The van der Waals surface area contributed by atoms with Crippen LogP contribution >= 0.6 is 15.9 Å². The quantitative estimate of drug-likeness (QED) is 0.181. The number of carbonyl (C=O) groups is 2. The number of piperidine rings is 2. The number of nitrogens with two attached hydrogens (primary N) is 2. The van der Waals surface area contributed by atoms with Crippen molar-refractivity contribution in [2.45, 2.75) is 82.0 Å². The topological polar surface area (TPSA) is 188 Å². The van der Waals surface area contributed by atoms with Crippen molar-refractivity contribution in [3.63, 3.8) is 0 Å². The van der Waals surface area contributed by atoms with Gasteiger partial charge in [0.25, 0.3) is 5.91 Å². The number of amides is 2. The Labute approximate surface area is 377 Å². The molecule has 0 saturated carbocycles. The number of hydrogen-bond acceptors (Lipinski definition) is 12. The SMILES string of the molecule is COc1cc(C(=O)N2CCC(c3ccc(N)nn3)CC2)nc[c]1[Sn]([CH3])([CH3])[CH3].COc1cc(C(=O)N2CCC(c3ccc(N)nn3)CC2)ncc1Br.[CH3][Sn]([CH3])[CH3].[CH3][Sn]([CH3])[CH3]. The molecule has 2 aliphatic rings. The van der Waals surface area contributed by atoms with Crippen LogP contribution in [0, 0.1) is 0 Å². The van der Waals surface area contributed by atoms with Gasteiger partial charge in [0.05, 0.1) is 17.3 Å². The number of ether oxygens (including phenoxy) is 2. The molecule has 4 aromatic heterocycles. The Morgan fingerprint density at radius 3 is 1.37 bits per heavy atom. The van der Waals surface area contributed by atoms with E-state index in [2.05, 4.69) is 90.7 Å². The number of nitrogens with zero attached hydrogens (tertiary/aromatic N) is 8. The Morgan fingerprint density at radius 1 is 0.661 bits per heavy atom. The summed E-state index contributed by atoms with van der Waals surface area (Å²) in [6.45, 7) is 2.69. The molecule has 59 heavy (non-hydrogen) atoms. The van der Waals surface area contributed by atoms with Crippen LogP contribution in [0.5, 0.6) is 11.5 Å². The molecular weight excluding hydrogens is 1130 g/mol. The van der Waals surface area contributed by atoms with Crippen molar-refractivity contribution in [3.05, 3.63) is 76.0 Å². The molecule has 2 radical (unpaired) electrons. The van der Waals surface area contributed by atoms with Crippen LogP contribution in [-0.4, -0.2) is 150 Å². The van der Waals surface area contributed by atoms with E-state index in [-0.39, 0.29) is 11.8 Å². The molecule has 2 fully saturated rings. The molecule has 0 spiro atoms. The van der Waals surface area contributed by atoms with Gasteiger partial charge in [-0.05, 0) is 40.9 Å². The Kier molecular flexibility index (Phi) is 21.4. The van der Waals surface area contributed by atoms with Gasteiger partial charge in [0.15, 0.2) is 0 Å². The number of pyridine rings is 2. The number of halogens is 1. The van der Waals surface area contributed by atoms with Gasteiger partial charge in [-0.25, -0.2) is 4.98 Å². The zero-order chi connectivity index (χ0) is 43.9. The zero-order valence-electron chi connectivity index (χ0n) is 36.7. The zero-order valence-corrected chi connectivity index (χ0v) is 46.8. The molecule has 4 N–H and O–H groups in total. The number of likely N-dealkylation sites (tertiary alicyclic amines) is 2. The van der Waals surface area contributed by atoms with Crippen molar-refractivity contribution in [3.8, 4) is 11.5 Å². The third-order valence-corrected chi connectivity index (χ3v) is 15.5. The van der Waals surface area contributed by atoms with E-state index in [0.29, 0.717) is 66.8 Å². The summed E-state index contributed by atoms with van der Waals surface area (Å²) in [5.74, 6) is 2.73. The van der Waals surface area contributed by atoms with Crippen LogP contribution in [0.2, 0.25) is 44.5 Å². The Hall–Kier alpha value is -2.52. The van der Waals surface area contributed by atoms with Gasteiger partial charge in [0, 0.05) is 31.3 Å². The molecule has 0 bridgehead atoms. The van der Waals surface area contributed by atoms with Crippen LogP contribution in [0.25, 0.3) is 0 Å². The predicted molar refractivity (Wildman–Crippen MR) is 248 cm³/mol. The molecule has 14 nitrogen and oxygen atoms in total. The second kappa shape index (κ2) is 24.8. The van der Waals surface area contributed by atoms with Crippen molar-refractivity contribution >= 4 is 101 Å². The summed E-state index contributed by atoms with van der Waals surface area (Å²) in [5.41, 5.74) is 13.9.